The maximum absolute atomic E-state index is 13.9. The summed E-state index contributed by atoms with van der Waals surface area (Å²) in [7, 11) is 3.43. The van der Waals surface area contributed by atoms with E-state index in [-0.39, 0.29) is 24.2 Å². The number of fused-ring (bicyclic) bond motifs is 1. The van der Waals surface area contributed by atoms with E-state index < -0.39 is 12.0 Å². The highest BCUT2D eigenvalue weighted by atomic mass is 19.1. The Morgan fingerprint density at radius 2 is 1.71 bits per heavy atom. The summed E-state index contributed by atoms with van der Waals surface area (Å²) in [6, 6.07) is 20.5. The third-order valence-electron chi connectivity index (χ3n) is 6.65. The molecule has 0 bridgehead atoms. The lowest BCUT2D eigenvalue weighted by molar-refractivity contribution is -0.133. The minimum absolute atomic E-state index is 0.0247. The lowest BCUT2D eigenvalue weighted by Crippen LogP contribution is -2.47. The van der Waals surface area contributed by atoms with Gasteiger partial charge in [0.15, 0.2) is 0 Å². The lowest BCUT2D eigenvalue weighted by Gasteiger charge is -2.43. The van der Waals surface area contributed by atoms with E-state index in [0.717, 1.165) is 29.5 Å². The number of carbonyl (C=O) groups is 2. The summed E-state index contributed by atoms with van der Waals surface area (Å²) in [5.41, 5.74) is 2.91. The zero-order chi connectivity index (χ0) is 24.9. The number of unbranched alkanes of at least 4 members (excludes halogenated alkanes) is 1. The number of likely N-dealkylation sites (N-methyl/N-ethyl adjacent to an activating group) is 1. The summed E-state index contributed by atoms with van der Waals surface area (Å²) in [5.74, 6) is -0.375. The van der Waals surface area contributed by atoms with Gasteiger partial charge in [-0.15, -0.1) is 0 Å². The monoisotopic (exact) mass is 474 g/mol. The van der Waals surface area contributed by atoms with Crippen LogP contribution in [0.4, 0.5) is 4.39 Å². The SMILES string of the molecule is CCCCN(C)C(=O)[C@@H]1c2ccccc2C(=O)N(Cc2ccc(F)cc2)[C@@H]1c1ccc(OC)cc1. The van der Waals surface area contributed by atoms with Crippen molar-refractivity contribution in [3.63, 3.8) is 0 Å². The Morgan fingerprint density at radius 1 is 1.03 bits per heavy atom. The second kappa shape index (κ2) is 10.7. The Kier molecular flexibility index (Phi) is 7.49. The van der Waals surface area contributed by atoms with Crippen molar-refractivity contribution in [1.82, 2.24) is 9.80 Å². The van der Waals surface area contributed by atoms with Crippen LogP contribution >= 0.6 is 0 Å². The molecule has 0 fully saturated rings. The van der Waals surface area contributed by atoms with Crippen LogP contribution < -0.4 is 4.74 Å². The molecule has 0 saturated heterocycles. The Labute approximate surface area is 206 Å². The molecule has 2 atom stereocenters. The average molecular weight is 475 g/mol. The minimum atomic E-state index is -0.570. The smallest absolute Gasteiger partial charge is 0.255 e. The van der Waals surface area contributed by atoms with Gasteiger partial charge in [-0.25, -0.2) is 4.39 Å². The molecule has 0 aromatic heterocycles. The van der Waals surface area contributed by atoms with E-state index in [1.807, 2.05) is 49.5 Å². The fourth-order valence-corrected chi connectivity index (χ4v) is 4.74. The maximum atomic E-state index is 13.9. The largest absolute Gasteiger partial charge is 0.497 e. The zero-order valence-corrected chi connectivity index (χ0v) is 20.4. The summed E-state index contributed by atoms with van der Waals surface area (Å²) in [5, 5.41) is 0. The number of amides is 2. The quantitative estimate of drug-likeness (QED) is 0.429. The van der Waals surface area contributed by atoms with Crippen molar-refractivity contribution in [3.8, 4) is 5.75 Å². The number of nitrogens with zero attached hydrogens (tertiary/aromatic N) is 2. The number of ether oxygens (including phenoxy) is 1. The first kappa shape index (κ1) is 24.5. The predicted octanol–water partition coefficient (Wildman–Crippen LogP) is 5.57. The molecule has 0 saturated carbocycles. The normalized spacial score (nSPS) is 17.1. The Balaban J connectivity index is 1.85. The van der Waals surface area contributed by atoms with Crippen LogP contribution in [0.5, 0.6) is 5.75 Å². The van der Waals surface area contributed by atoms with Gasteiger partial charge >= 0.3 is 0 Å². The van der Waals surface area contributed by atoms with Crippen LogP contribution in [0.3, 0.4) is 0 Å². The van der Waals surface area contributed by atoms with E-state index in [9.17, 15) is 14.0 Å². The van der Waals surface area contributed by atoms with Crippen LogP contribution in [0.1, 0.15) is 58.8 Å². The molecule has 0 aliphatic carbocycles. The first-order chi connectivity index (χ1) is 16.9. The van der Waals surface area contributed by atoms with Crippen molar-refractivity contribution in [3.05, 3.63) is 101 Å². The van der Waals surface area contributed by atoms with Gasteiger partial charge in [-0.3, -0.25) is 9.59 Å². The average Bonchev–Trinajstić information content (AvgIpc) is 2.89. The van der Waals surface area contributed by atoms with Crippen LogP contribution in [-0.4, -0.2) is 42.3 Å². The molecule has 1 aliphatic rings. The zero-order valence-electron chi connectivity index (χ0n) is 20.4. The molecule has 0 unspecified atom stereocenters. The second-order valence-corrected chi connectivity index (χ2v) is 8.96. The number of rotatable bonds is 8. The van der Waals surface area contributed by atoms with Gasteiger partial charge < -0.3 is 14.5 Å². The first-order valence-corrected chi connectivity index (χ1v) is 12.0. The summed E-state index contributed by atoms with van der Waals surface area (Å²) in [4.78, 5) is 31.3. The summed E-state index contributed by atoms with van der Waals surface area (Å²) >= 11 is 0. The summed E-state index contributed by atoms with van der Waals surface area (Å²) in [6.07, 6.45) is 1.89. The molecule has 5 nitrogen and oxygen atoms in total. The number of carbonyl (C=O) groups excluding carboxylic acids is 2. The molecular formula is C29H31FN2O3. The minimum Gasteiger partial charge on any atom is -0.497 e. The molecule has 3 aromatic rings. The van der Waals surface area contributed by atoms with Gasteiger partial charge in [0.25, 0.3) is 5.91 Å². The molecular weight excluding hydrogens is 443 g/mol. The molecule has 3 aromatic carbocycles. The van der Waals surface area contributed by atoms with Crippen molar-refractivity contribution < 1.29 is 18.7 Å². The number of methoxy groups -OCH3 is 1. The van der Waals surface area contributed by atoms with Gasteiger partial charge in [0, 0.05) is 25.7 Å². The molecule has 0 radical (unpaired) electrons. The standard InChI is InChI=1S/C29H31FN2O3/c1-4-5-18-31(2)29(34)26-24-8-6-7-9-25(24)28(33)32(19-20-10-14-22(30)15-11-20)27(26)21-12-16-23(35-3)17-13-21/h6-17,26-27H,4-5,18-19H2,1-3H3/t26-,27-/m1/s1. The third-order valence-corrected chi connectivity index (χ3v) is 6.65. The first-order valence-electron chi connectivity index (χ1n) is 12.0. The van der Waals surface area contributed by atoms with E-state index in [4.69, 9.17) is 4.74 Å². The van der Waals surface area contributed by atoms with Crippen LogP contribution in [0.25, 0.3) is 0 Å². The van der Waals surface area contributed by atoms with Crippen molar-refractivity contribution in [2.75, 3.05) is 20.7 Å². The predicted molar refractivity (Wildman–Crippen MR) is 134 cm³/mol. The molecule has 6 heteroatoms. The Hall–Kier alpha value is -3.67. The van der Waals surface area contributed by atoms with Gasteiger partial charge in [-0.1, -0.05) is 55.8 Å². The number of halogens is 1. The molecule has 182 valence electrons. The maximum Gasteiger partial charge on any atom is 0.255 e. The van der Waals surface area contributed by atoms with Crippen molar-refractivity contribution >= 4 is 11.8 Å². The van der Waals surface area contributed by atoms with Crippen molar-refractivity contribution in [2.45, 2.75) is 38.3 Å². The lowest BCUT2D eigenvalue weighted by atomic mass is 9.78. The van der Waals surface area contributed by atoms with Gasteiger partial charge in [-0.05, 0) is 53.4 Å². The second-order valence-electron chi connectivity index (χ2n) is 8.96. The van der Waals surface area contributed by atoms with Gasteiger partial charge in [-0.2, -0.15) is 0 Å². The molecule has 1 heterocycles. The molecule has 0 N–H and O–H groups in total. The highest BCUT2D eigenvalue weighted by molar-refractivity contribution is 6.01. The van der Waals surface area contributed by atoms with Gasteiger partial charge in [0.05, 0.1) is 19.1 Å². The van der Waals surface area contributed by atoms with E-state index in [1.54, 1.807) is 35.1 Å². The third kappa shape index (κ3) is 5.06. The Morgan fingerprint density at radius 3 is 2.37 bits per heavy atom. The molecule has 2 amide bonds. The number of benzene rings is 3. The number of hydrogen-bond acceptors (Lipinski definition) is 3. The number of hydrogen-bond donors (Lipinski definition) is 0. The van der Waals surface area contributed by atoms with Crippen LogP contribution in [0.15, 0.2) is 72.8 Å². The molecule has 35 heavy (non-hydrogen) atoms. The molecule has 0 spiro atoms. The summed E-state index contributed by atoms with van der Waals surface area (Å²) in [6.45, 7) is 3.00. The van der Waals surface area contributed by atoms with Crippen LogP contribution in [0, 0.1) is 5.82 Å². The van der Waals surface area contributed by atoms with Gasteiger partial charge in [0.1, 0.15) is 11.6 Å². The van der Waals surface area contributed by atoms with E-state index in [1.165, 1.54) is 12.1 Å². The van der Waals surface area contributed by atoms with E-state index in [2.05, 4.69) is 6.92 Å². The van der Waals surface area contributed by atoms with Crippen molar-refractivity contribution in [1.29, 1.82) is 0 Å². The van der Waals surface area contributed by atoms with Crippen LogP contribution in [-0.2, 0) is 11.3 Å². The Bertz CT molecular complexity index is 1180. The van der Waals surface area contributed by atoms with E-state index >= 15 is 0 Å². The van der Waals surface area contributed by atoms with Crippen LogP contribution in [0.2, 0.25) is 0 Å². The van der Waals surface area contributed by atoms with Crippen molar-refractivity contribution in [2.24, 2.45) is 0 Å². The fraction of sp³-hybridized carbons (Fsp3) is 0.310. The molecule has 4 rings (SSSR count). The highest BCUT2D eigenvalue weighted by Gasteiger charge is 2.44. The van der Waals surface area contributed by atoms with E-state index in [0.29, 0.717) is 17.9 Å². The highest BCUT2D eigenvalue weighted by Crippen LogP contribution is 2.44. The summed E-state index contributed by atoms with van der Waals surface area (Å²) < 4.78 is 18.9. The molecule has 1 aliphatic heterocycles. The fourth-order valence-electron chi connectivity index (χ4n) is 4.74. The van der Waals surface area contributed by atoms with Gasteiger partial charge in [0.2, 0.25) is 5.91 Å². The topological polar surface area (TPSA) is 49.9 Å².